The Hall–Kier alpha value is -2.14. The van der Waals surface area contributed by atoms with Crippen LogP contribution in [0.4, 0.5) is 0 Å². The van der Waals surface area contributed by atoms with Crippen LogP contribution in [0.1, 0.15) is 40.1 Å². The lowest BCUT2D eigenvalue weighted by molar-refractivity contribution is 0.0520. The normalized spacial score (nSPS) is 10.2. The van der Waals surface area contributed by atoms with Crippen LogP contribution in [0.2, 0.25) is 0 Å². The first kappa shape index (κ1) is 17.2. The third-order valence-corrected chi connectivity index (χ3v) is 4.02. The van der Waals surface area contributed by atoms with Crippen LogP contribution >= 0.6 is 15.9 Å². The first-order valence-corrected chi connectivity index (χ1v) is 8.01. The van der Waals surface area contributed by atoms with E-state index >= 15 is 0 Å². The Morgan fingerprint density at radius 1 is 1.09 bits per heavy atom. The highest BCUT2D eigenvalue weighted by Gasteiger charge is 2.22. The molecular formula is C18H17BrO4. The minimum absolute atomic E-state index is 0.142. The van der Waals surface area contributed by atoms with Crippen molar-refractivity contribution in [1.82, 2.24) is 0 Å². The van der Waals surface area contributed by atoms with Crippen LogP contribution < -0.4 is 4.74 Å². The molecule has 0 aromatic heterocycles. The molecule has 23 heavy (non-hydrogen) atoms. The van der Waals surface area contributed by atoms with Gasteiger partial charge in [-0.15, -0.1) is 0 Å². The molecule has 0 aliphatic rings. The van der Waals surface area contributed by atoms with Crippen molar-refractivity contribution in [3.63, 3.8) is 0 Å². The van der Waals surface area contributed by atoms with Crippen molar-refractivity contribution in [2.45, 2.75) is 20.5 Å². The van der Waals surface area contributed by atoms with Crippen LogP contribution in [0.5, 0.6) is 5.75 Å². The quantitative estimate of drug-likeness (QED) is 0.553. The van der Waals surface area contributed by atoms with Gasteiger partial charge in [0.05, 0.1) is 6.61 Å². The molecule has 0 fully saturated rings. The average Bonchev–Trinajstić information content (AvgIpc) is 2.53. The lowest BCUT2D eigenvalue weighted by Crippen LogP contribution is -2.11. The fourth-order valence-electron chi connectivity index (χ4n) is 2.08. The largest absolute Gasteiger partial charge is 0.488 e. The van der Waals surface area contributed by atoms with E-state index < -0.39 is 5.97 Å². The molecule has 0 bridgehead atoms. The third-order valence-electron chi connectivity index (χ3n) is 3.20. The molecule has 2 aromatic rings. The number of hydrogen-bond donors (Lipinski definition) is 0. The van der Waals surface area contributed by atoms with Crippen molar-refractivity contribution in [3.8, 4) is 5.75 Å². The van der Waals surface area contributed by atoms with Gasteiger partial charge in [0.15, 0.2) is 5.78 Å². The molecule has 0 heterocycles. The molecule has 0 saturated carbocycles. The number of ether oxygens (including phenoxy) is 2. The zero-order chi connectivity index (χ0) is 16.8. The number of ketones is 1. The van der Waals surface area contributed by atoms with Gasteiger partial charge >= 0.3 is 5.97 Å². The van der Waals surface area contributed by atoms with Crippen molar-refractivity contribution >= 4 is 27.7 Å². The number of esters is 1. The molecule has 120 valence electrons. The van der Waals surface area contributed by atoms with Gasteiger partial charge in [-0.05, 0) is 47.5 Å². The predicted molar refractivity (Wildman–Crippen MR) is 90.9 cm³/mol. The van der Waals surface area contributed by atoms with Gasteiger partial charge in [-0.3, -0.25) is 4.79 Å². The summed E-state index contributed by atoms with van der Waals surface area (Å²) in [7, 11) is 0. The molecular weight excluding hydrogens is 360 g/mol. The monoisotopic (exact) mass is 376 g/mol. The maximum Gasteiger partial charge on any atom is 0.343 e. The highest BCUT2D eigenvalue weighted by atomic mass is 79.9. The van der Waals surface area contributed by atoms with Crippen LogP contribution in [-0.4, -0.2) is 18.4 Å². The van der Waals surface area contributed by atoms with E-state index in [0.717, 1.165) is 5.56 Å². The van der Waals surface area contributed by atoms with E-state index in [1.165, 1.54) is 6.92 Å². The molecule has 0 spiro atoms. The fraction of sp³-hybridized carbons (Fsp3) is 0.222. The summed E-state index contributed by atoms with van der Waals surface area (Å²) in [5.41, 5.74) is 1.63. The van der Waals surface area contributed by atoms with Gasteiger partial charge in [0, 0.05) is 10.0 Å². The second-order valence-corrected chi connectivity index (χ2v) is 5.64. The van der Waals surface area contributed by atoms with Crippen LogP contribution in [0.3, 0.4) is 0 Å². The smallest absolute Gasteiger partial charge is 0.343 e. The van der Waals surface area contributed by atoms with Crippen molar-refractivity contribution < 1.29 is 19.1 Å². The van der Waals surface area contributed by atoms with E-state index in [0.29, 0.717) is 22.4 Å². The van der Waals surface area contributed by atoms with Crippen molar-refractivity contribution in [1.29, 1.82) is 0 Å². The molecule has 0 atom stereocenters. The lowest BCUT2D eigenvalue weighted by atomic mass is 10.1. The number of rotatable bonds is 6. The van der Waals surface area contributed by atoms with Crippen molar-refractivity contribution in [2.24, 2.45) is 0 Å². The number of Topliss-reactive ketones (excluding diaryl/α,β-unsaturated/α-hetero) is 1. The SMILES string of the molecule is CCOC(=O)c1c(OCc2ccccc2)ccc(C(C)=O)c1Br. The predicted octanol–water partition coefficient (Wildman–Crippen LogP) is 4.41. The van der Waals surface area contributed by atoms with Gasteiger partial charge in [-0.1, -0.05) is 30.3 Å². The van der Waals surface area contributed by atoms with Gasteiger partial charge in [-0.2, -0.15) is 0 Å². The molecule has 0 aliphatic heterocycles. The molecule has 5 heteroatoms. The highest BCUT2D eigenvalue weighted by Crippen LogP contribution is 2.32. The van der Waals surface area contributed by atoms with Gasteiger partial charge in [-0.25, -0.2) is 4.79 Å². The number of carbonyl (C=O) groups is 2. The van der Waals surface area contributed by atoms with Crippen molar-refractivity contribution in [3.05, 3.63) is 63.6 Å². The topological polar surface area (TPSA) is 52.6 Å². The average molecular weight is 377 g/mol. The summed E-state index contributed by atoms with van der Waals surface area (Å²) in [5, 5.41) is 0. The standard InChI is InChI=1S/C18H17BrO4/c1-3-22-18(21)16-15(10-9-14(12(2)20)17(16)19)23-11-13-7-5-4-6-8-13/h4-10H,3,11H2,1-2H3. The second-order valence-electron chi connectivity index (χ2n) is 4.85. The Labute approximate surface area is 143 Å². The molecule has 2 aromatic carbocycles. The first-order valence-electron chi connectivity index (χ1n) is 7.21. The van der Waals surface area contributed by atoms with Gasteiger partial charge in [0.1, 0.15) is 17.9 Å². The van der Waals surface area contributed by atoms with Crippen LogP contribution in [0, 0.1) is 0 Å². The second kappa shape index (κ2) is 7.92. The number of hydrogen-bond acceptors (Lipinski definition) is 4. The van der Waals surface area contributed by atoms with E-state index in [1.54, 1.807) is 19.1 Å². The molecule has 0 amide bonds. The zero-order valence-corrected chi connectivity index (χ0v) is 14.6. The zero-order valence-electron chi connectivity index (χ0n) is 13.0. The van der Waals surface area contributed by atoms with E-state index in [1.807, 2.05) is 30.3 Å². The van der Waals surface area contributed by atoms with Crippen LogP contribution in [0.25, 0.3) is 0 Å². The van der Waals surface area contributed by atoms with E-state index in [2.05, 4.69) is 15.9 Å². The Kier molecular flexibility index (Phi) is 5.93. The summed E-state index contributed by atoms with van der Waals surface area (Å²) in [5.74, 6) is -0.285. The Morgan fingerprint density at radius 3 is 2.39 bits per heavy atom. The van der Waals surface area contributed by atoms with Crippen LogP contribution in [0.15, 0.2) is 46.9 Å². The third kappa shape index (κ3) is 4.20. The highest BCUT2D eigenvalue weighted by molar-refractivity contribution is 9.10. The summed E-state index contributed by atoms with van der Waals surface area (Å²) in [6.07, 6.45) is 0. The molecule has 2 rings (SSSR count). The Morgan fingerprint density at radius 2 is 1.78 bits per heavy atom. The summed E-state index contributed by atoms with van der Waals surface area (Å²) in [6, 6.07) is 12.9. The van der Waals surface area contributed by atoms with Gasteiger partial charge in [0.25, 0.3) is 0 Å². The summed E-state index contributed by atoms with van der Waals surface area (Å²) in [6.45, 7) is 3.73. The Bertz CT molecular complexity index is 710. The number of carbonyl (C=O) groups excluding carboxylic acids is 2. The van der Waals surface area contributed by atoms with E-state index in [9.17, 15) is 9.59 Å². The van der Waals surface area contributed by atoms with E-state index in [4.69, 9.17) is 9.47 Å². The fourth-order valence-corrected chi connectivity index (χ4v) is 2.85. The molecule has 0 aliphatic carbocycles. The molecule has 4 nitrogen and oxygen atoms in total. The van der Waals surface area contributed by atoms with Crippen LogP contribution in [-0.2, 0) is 11.3 Å². The number of halogens is 1. The van der Waals surface area contributed by atoms with Gasteiger partial charge in [0.2, 0.25) is 0 Å². The van der Waals surface area contributed by atoms with E-state index in [-0.39, 0.29) is 18.0 Å². The maximum atomic E-state index is 12.2. The molecule has 0 unspecified atom stereocenters. The molecule has 0 N–H and O–H groups in total. The summed E-state index contributed by atoms with van der Waals surface area (Å²) in [4.78, 5) is 23.9. The van der Waals surface area contributed by atoms with Crippen molar-refractivity contribution in [2.75, 3.05) is 6.61 Å². The lowest BCUT2D eigenvalue weighted by Gasteiger charge is -2.14. The number of benzene rings is 2. The molecule has 0 saturated heterocycles. The molecule has 0 radical (unpaired) electrons. The summed E-state index contributed by atoms with van der Waals surface area (Å²) < 4.78 is 11.2. The first-order chi connectivity index (χ1) is 11.0. The minimum Gasteiger partial charge on any atom is -0.488 e. The minimum atomic E-state index is -0.523. The maximum absolute atomic E-state index is 12.2. The Balaban J connectivity index is 2.35. The van der Waals surface area contributed by atoms with Gasteiger partial charge < -0.3 is 9.47 Å². The summed E-state index contributed by atoms with van der Waals surface area (Å²) >= 11 is 3.33.